The molecule has 1 rings (SSSR count). The molecular weight excluding hydrogens is 228 g/mol. The Labute approximate surface area is 111 Å². The summed E-state index contributed by atoms with van der Waals surface area (Å²) in [6.45, 7) is 6.41. The number of hydrogen-bond donors (Lipinski definition) is 1. The van der Waals surface area contributed by atoms with E-state index in [1.165, 1.54) is 19.3 Å². The summed E-state index contributed by atoms with van der Waals surface area (Å²) in [5.74, 6) is 0.122. The summed E-state index contributed by atoms with van der Waals surface area (Å²) in [5.41, 5.74) is 0. The topological polar surface area (TPSA) is 41.6 Å². The van der Waals surface area contributed by atoms with Gasteiger partial charge in [0.2, 0.25) is 5.91 Å². The number of piperidine rings is 1. The molecule has 4 nitrogen and oxygen atoms in total. The molecule has 0 spiro atoms. The Kier molecular flexibility index (Phi) is 7.28. The Bertz CT molecular complexity index is 238. The van der Waals surface area contributed by atoms with E-state index in [0.717, 1.165) is 25.9 Å². The van der Waals surface area contributed by atoms with Gasteiger partial charge in [-0.3, -0.25) is 4.79 Å². The van der Waals surface area contributed by atoms with Crippen LogP contribution in [0.2, 0.25) is 0 Å². The first-order valence-electron chi connectivity index (χ1n) is 7.24. The maximum atomic E-state index is 11.7. The molecule has 1 amide bonds. The van der Waals surface area contributed by atoms with Crippen LogP contribution in [0.15, 0.2) is 0 Å². The zero-order chi connectivity index (χ0) is 13.4. The van der Waals surface area contributed by atoms with Crippen LogP contribution in [0.4, 0.5) is 0 Å². The lowest BCUT2D eigenvalue weighted by molar-refractivity contribution is -0.136. The highest BCUT2D eigenvalue weighted by atomic mass is 16.5. The normalized spacial score (nSPS) is 18.9. The minimum atomic E-state index is 0.122. The molecule has 0 aromatic carbocycles. The standard InChI is InChI=1S/C14H28N2O2/c1-4-6-12(5-2)15-13-7-9-16(10-8-13)14(17)11-18-3/h12-13,15H,4-11H2,1-3H3. The van der Waals surface area contributed by atoms with E-state index in [0.29, 0.717) is 12.1 Å². The highest BCUT2D eigenvalue weighted by Gasteiger charge is 2.23. The fraction of sp³-hybridized carbons (Fsp3) is 0.929. The number of amides is 1. The van der Waals surface area contributed by atoms with E-state index in [1.807, 2.05) is 4.90 Å². The maximum absolute atomic E-state index is 11.7. The number of hydrogen-bond acceptors (Lipinski definition) is 3. The molecule has 0 radical (unpaired) electrons. The van der Waals surface area contributed by atoms with Crippen LogP contribution in [0.1, 0.15) is 46.0 Å². The van der Waals surface area contributed by atoms with Gasteiger partial charge in [0.05, 0.1) is 0 Å². The van der Waals surface area contributed by atoms with Gasteiger partial charge in [-0.05, 0) is 25.7 Å². The second-order valence-corrected chi connectivity index (χ2v) is 5.15. The predicted octanol–water partition coefficient (Wildman–Crippen LogP) is 1.79. The van der Waals surface area contributed by atoms with Crippen molar-refractivity contribution in [2.75, 3.05) is 26.8 Å². The minimum absolute atomic E-state index is 0.122. The van der Waals surface area contributed by atoms with Gasteiger partial charge in [-0.25, -0.2) is 0 Å². The minimum Gasteiger partial charge on any atom is -0.375 e. The van der Waals surface area contributed by atoms with Gasteiger partial charge in [0.1, 0.15) is 6.61 Å². The molecule has 0 bridgehead atoms. The van der Waals surface area contributed by atoms with Crippen LogP contribution in [-0.4, -0.2) is 49.7 Å². The average molecular weight is 256 g/mol. The van der Waals surface area contributed by atoms with E-state index in [2.05, 4.69) is 19.2 Å². The van der Waals surface area contributed by atoms with Gasteiger partial charge in [-0.15, -0.1) is 0 Å². The van der Waals surface area contributed by atoms with E-state index in [9.17, 15) is 4.79 Å². The summed E-state index contributed by atoms with van der Waals surface area (Å²) in [4.78, 5) is 13.6. The predicted molar refractivity (Wildman–Crippen MR) is 73.6 cm³/mol. The first-order valence-corrected chi connectivity index (χ1v) is 7.24. The molecule has 18 heavy (non-hydrogen) atoms. The van der Waals surface area contributed by atoms with Crippen LogP contribution >= 0.6 is 0 Å². The highest BCUT2D eigenvalue weighted by molar-refractivity contribution is 5.77. The van der Waals surface area contributed by atoms with Crippen molar-refractivity contribution in [3.8, 4) is 0 Å². The zero-order valence-electron chi connectivity index (χ0n) is 12.1. The van der Waals surface area contributed by atoms with Crippen LogP contribution in [0.25, 0.3) is 0 Å². The van der Waals surface area contributed by atoms with E-state index in [1.54, 1.807) is 7.11 Å². The molecule has 1 unspecified atom stereocenters. The van der Waals surface area contributed by atoms with Crippen molar-refractivity contribution in [2.45, 2.75) is 58.0 Å². The number of ether oxygens (including phenoxy) is 1. The molecule has 0 aromatic rings. The van der Waals surface area contributed by atoms with Gasteiger partial charge in [0, 0.05) is 32.3 Å². The summed E-state index contributed by atoms with van der Waals surface area (Å²) in [6, 6.07) is 1.22. The zero-order valence-corrected chi connectivity index (χ0v) is 12.1. The van der Waals surface area contributed by atoms with Crippen molar-refractivity contribution in [3.05, 3.63) is 0 Å². The maximum Gasteiger partial charge on any atom is 0.248 e. The van der Waals surface area contributed by atoms with Crippen LogP contribution in [0.5, 0.6) is 0 Å². The Balaban J connectivity index is 2.28. The lowest BCUT2D eigenvalue weighted by Crippen LogP contribution is -2.48. The fourth-order valence-electron chi connectivity index (χ4n) is 2.60. The van der Waals surface area contributed by atoms with Crippen molar-refractivity contribution in [1.82, 2.24) is 10.2 Å². The first-order chi connectivity index (χ1) is 8.71. The van der Waals surface area contributed by atoms with Gasteiger partial charge < -0.3 is 15.0 Å². The van der Waals surface area contributed by atoms with Gasteiger partial charge in [0.15, 0.2) is 0 Å². The quantitative estimate of drug-likeness (QED) is 0.755. The molecule has 1 saturated heterocycles. The lowest BCUT2D eigenvalue weighted by atomic mass is 10.0. The number of rotatable bonds is 7. The molecule has 1 aliphatic rings. The molecular formula is C14H28N2O2. The van der Waals surface area contributed by atoms with E-state index in [-0.39, 0.29) is 12.5 Å². The third-order valence-electron chi connectivity index (χ3n) is 3.72. The molecule has 1 heterocycles. The number of methoxy groups -OCH3 is 1. The Morgan fingerprint density at radius 3 is 2.56 bits per heavy atom. The largest absolute Gasteiger partial charge is 0.375 e. The van der Waals surface area contributed by atoms with Gasteiger partial charge >= 0.3 is 0 Å². The van der Waals surface area contributed by atoms with E-state index >= 15 is 0 Å². The first kappa shape index (κ1) is 15.4. The lowest BCUT2D eigenvalue weighted by Gasteiger charge is -2.34. The number of nitrogens with zero attached hydrogens (tertiary/aromatic N) is 1. The fourth-order valence-corrected chi connectivity index (χ4v) is 2.60. The second-order valence-electron chi connectivity index (χ2n) is 5.15. The van der Waals surface area contributed by atoms with Gasteiger partial charge in [-0.1, -0.05) is 20.3 Å². The molecule has 106 valence electrons. The Morgan fingerprint density at radius 2 is 2.06 bits per heavy atom. The monoisotopic (exact) mass is 256 g/mol. The number of carbonyl (C=O) groups is 1. The molecule has 0 aliphatic carbocycles. The number of likely N-dealkylation sites (tertiary alicyclic amines) is 1. The third-order valence-corrected chi connectivity index (χ3v) is 3.72. The molecule has 0 saturated carbocycles. The average Bonchev–Trinajstić information content (AvgIpc) is 2.39. The Morgan fingerprint density at radius 1 is 1.39 bits per heavy atom. The van der Waals surface area contributed by atoms with Crippen molar-refractivity contribution in [1.29, 1.82) is 0 Å². The van der Waals surface area contributed by atoms with Crippen LogP contribution in [-0.2, 0) is 9.53 Å². The summed E-state index contributed by atoms with van der Waals surface area (Å²) in [7, 11) is 1.57. The number of nitrogens with one attached hydrogen (secondary N) is 1. The smallest absolute Gasteiger partial charge is 0.248 e. The summed E-state index contributed by atoms with van der Waals surface area (Å²) >= 11 is 0. The summed E-state index contributed by atoms with van der Waals surface area (Å²) < 4.78 is 4.89. The van der Waals surface area contributed by atoms with Gasteiger partial charge in [-0.2, -0.15) is 0 Å². The van der Waals surface area contributed by atoms with Crippen LogP contribution in [0.3, 0.4) is 0 Å². The molecule has 1 atom stereocenters. The van der Waals surface area contributed by atoms with E-state index in [4.69, 9.17) is 4.74 Å². The third kappa shape index (κ3) is 4.94. The molecule has 1 aliphatic heterocycles. The number of carbonyl (C=O) groups excluding carboxylic acids is 1. The van der Waals surface area contributed by atoms with Crippen LogP contribution < -0.4 is 5.32 Å². The molecule has 1 N–H and O–H groups in total. The van der Waals surface area contributed by atoms with Crippen molar-refractivity contribution >= 4 is 5.91 Å². The van der Waals surface area contributed by atoms with Gasteiger partial charge in [0.25, 0.3) is 0 Å². The summed E-state index contributed by atoms with van der Waals surface area (Å²) in [5, 5.41) is 3.73. The van der Waals surface area contributed by atoms with E-state index < -0.39 is 0 Å². The molecule has 4 heteroatoms. The van der Waals surface area contributed by atoms with Crippen molar-refractivity contribution < 1.29 is 9.53 Å². The SMILES string of the molecule is CCCC(CC)NC1CCN(C(=O)COC)CC1. The van der Waals surface area contributed by atoms with Crippen molar-refractivity contribution in [3.63, 3.8) is 0 Å². The second kappa shape index (κ2) is 8.48. The highest BCUT2D eigenvalue weighted by Crippen LogP contribution is 2.13. The van der Waals surface area contributed by atoms with Crippen LogP contribution in [0, 0.1) is 0 Å². The van der Waals surface area contributed by atoms with Crippen molar-refractivity contribution in [2.24, 2.45) is 0 Å². The molecule has 0 aromatic heterocycles. The molecule has 1 fully saturated rings. The summed E-state index contributed by atoms with van der Waals surface area (Å²) in [6.07, 6.45) is 5.80. The Hall–Kier alpha value is -0.610.